The third kappa shape index (κ3) is 3.09. The highest BCUT2D eigenvalue weighted by molar-refractivity contribution is 5.90. The van der Waals surface area contributed by atoms with Gasteiger partial charge in [0.15, 0.2) is 0 Å². The van der Waals surface area contributed by atoms with E-state index in [2.05, 4.69) is 4.98 Å². The van der Waals surface area contributed by atoms with Gasteiger partial charge in [-0.15, -0.1) is 0 Å². The van der Waals surface area contributed by atoms with Gasteiger partial charge in [-0.3, -0.25) is 0 Å². The second kappa shape index (κ2) is 6.10. The van der Waals surface area contributed by atoms with Crippen LogP contribution < -0.4 is 10.5 Å². The molecular weight excluding hydrogens is 258 g/mol. The fourth-order valence-electron chi connectivity index (χ4n) is 1.79. The molecule has 0 saturated carbocycles. The average Bonchev–Trinajstić information content (AvgIpc) is 2.85. The molecule has 0 saturated heterocycles. The van der Waals surface area contributed by atoms with Gasteiger partial charge in [0.25, 0.3) is 0 Å². The van der Waals surface area contributed by atoms with Crippen molar-refractivity contribution in [2.24, 2.45) is 7.05 Å². The van der Waals surface area contributed by atoms with E-state index in [-0.39, 0.29) is 6.61 Å². The first-order chi connectivity index (χ1) is 9.61. The number of nitrogens with zero attached hydrogens (tertiary/aromatic N) is 2. The summed E-state index contributed by atoms with van der Waals surface area (Å²) in [6, 6.07) is 4.80. The minimum absolute atomic E-state index is 0.274. The van der Waals surface area contributed by atoms with Crippen LogP contribution in [0.15, 0.2) is 30.6 Å². The third-order valence-corrected chi connectivity index (χ3v) is 2.95. The zero-order valence-corrected chi connectivity index (χ0v) is 11.5. The van der Waals surface area contributed by atoms with Crippen molar-refractivity contribution in [2.45, 2.75) is 6.42 Å². The van der Waals surface area contributed by atoms with Crippen molar-refractivity contribution in [3.63, 3.8) is 0 Å². The van der Waals surface area contributed by atoms with E-state index in [1.165, 1.54) is 7.11 Å². The predicted octanol–water partition coefficient (Wildman–Crippen LogP) is 1.41. The lowest BCUT2D eigenvalue weighted by molar-refractivity contribution is 0.0506. The molecule has 0 aliphatic carbocycles. The number of nitrogen functional groups attached to an aromatic ring is 1. The topological polar surface area (TPSA) is 79.4 Å². The highest BCUT2D eigenvalue weighted by Gasteiger charge is 2.10. The number of hydrogen-bond acceptors (Lipinski definition) is 5. The van der Waals surface area contributed by atoms with Gasteiger partial charge < -0.3 is 19.8 Å². The molecule has 1 aromatic heterocycles. The normalized spacial score (nSPS) is 10.3. The minimum Gasteiger partial charge on any atom is -0.495 e. The lowest BCUT2D eigenvalue weighted by atomic mass is 10.2. The Morgan fingerprint density at radius 2 is 2.25 bits per heavy atom. The minimum atomic E-state index is -0.405. The lowest BCUT2D eigenvalue weighted by Gasteiger charge is -2.08. The third-order valence-electron chi connectivity index (χ3n) is 2.95. The summed E-state index contributed by atoms with van der Waals surface area (Å²) in [5.41, 5.74) is 6.59. The molecule has 0 spiro atoms. The number of esters is 1. The first kappa shape index (κ1) is 13.9. The summed E-state index contributed by atoms with van der Waals surface area (Å²) in [5, 5.41) is 0. The Hall–Kier alpha value is -2.50. The molecule has 6 heteroatoms. The van der Waals surface area contributed by atoms with Gasteiger partial charge in [-0.2, -0.15) is 0 Å². The smallest absolute Gasteiger partial charge is 0.338 e. The zero-order chi connectivity index (χ0) is 14.5. The molecule has 2 rings (SSSR count). The van der Waals surface area contributed by atoms with Crippen molar-refractivity contribution in [3.8, 4) is 5.75 Å². The summed E-state index contributed by atoms with van der Waals surface area (Å²) in [6.07, 6.45) is 4.13. The molecule has 2 N–H and O–H groups in total. The molecule has 0 aliphatic rings. The van der Waals surface area contributed by atoms with Crippen molar-refractivity contribution in [3.05, 3.63) is 42.0 Å². The fraction of sp³-hybridized carbons (Fsp3) is 0.286. The van der Waals surface area contributed by atoms with Crippen LogP contribution >= 0.6 is 0 Å². The van der Waals surface area contributed by atoms with E-state index in [0.29, 0.717) is 23.4 Å². The van der Waals surface area contributed by atoms with Crippen LogP contribution in [0.2, 0.25) is 0 Å². The van der Waals surface area contributed by atoms with Crippen molar-refractivity contribution >= 4 is 11.7 Å². The molecule has 0 unspecified atom stereocenters. The lowest BCUT2D eigenvalue weighted by Crippen LogP contribution is -2.10. The van der Waals surface area contributed by atoms with Crippen LogP contribution in [-0.2, 0) is 18.2 Å². The zero-order valence-electron chi connectivity index (χ0n) is 11.5. The van der Waals surface area contributed by atoms with E-state index >= 15 is 0 Å². The number of rotatable bonds is 5. The maximum Gasteiger partial charge on any atom is 0.338 e. The van der Waals surface area contributed by atoms with E-state index in [9.17, 15) is 4.79 Å². The van der Waals surface area contributed by atoms with Crippen LogP contribution in [0, 0.1) is 0 Å². The number of benzene rings is 1. The van der Waals surface area contributed by atoms with E-state index in [1.54, 1.807) is 24.4 Å². The Kier molecular flexibility index (Phi) is 4.24. The summed E-state index contributed by atoms with van der Waals surface area (Å²) < 4.78 is 12.2. The van der Waals surface area contributed by atoms with Gasteiger partial charge in [0.1, 0.15) is 11.6 Å². The predicted molar refractivity (Wildman–Crippen MR) is 74.6 cm³/mol. The molecule has 1 heterocycles. The molecule has 0 atom stereocenters. The molecule has 6 nitrogen and oxygen atoms in total. The van der Waals surface area contributed by atoms with Gasteiger partial charge in [-0.05, 0) is 18.2 Å². The number of ether oxygens (including phenoxy) is 2. The molecule has 106 valence electrons. The molecule has 2 aromatic rings. The Labute approximate surface area is 117 Å². The second-order valence-electron chi connectivity index (χ2n) is 4.30. The fourth-order valence-corrected chi connectivity index (χ4v) is 1.79. The number of aromatic nitrogens is 2. The molecule has 0 amide bonds. The van der Waals surface area contributed by atoms with Gasteiger partial charge in [-0.1, -0.05) is 0 Å². The Morgan fingerprint density at radius 1 is 1.45 bits per heavy atom. The standard InChI is InChI=1S/C14H17N3O3/c1-17-7-6-16-13(17)5-8-20-14(18)10-3-4-11(15)12(9-10)19-2/h3-4,6-7,9H,5,8,15H2,1-2H3. The molecular formula is C14H17N3O3. The number of aryl methyl sites for hydroxylation is 1. The molecule has 1 aromatic carbocycles. The maximum atomic E-state index is 11.9. The van der Waals surface area contributed by atoms with Crippen LogP contribution in [0.25, 0.3) is 0 Å². The van der Waals surface area contributed by atoms with Crippen molar-refractivity contribution < 1.29 is 14.3 Å². The quantitative estimate of drug-likeness (QED) is 0.659. The van der Waals surface area contributed by atoms with E-state index in [0.717, 1.165) is 5.82 Å². The Balaban J connectivity index is 1.93. The average molecular weight is 275 g/mol. The van der Waals surface area contributed by atoms with E-state index in [4.69, 9.17) is 15.2 Å². The van der Waals surface area contributed by atoms with Crippen LogP contribution in [0.3, 0.4) is 0 Å². The number of hydrogen-bond donors (Lipinski definition) is 1. The first-order valence-corrected chi connectivity index (χ1v) is 6.18. The maximum absolute atomic E-state index is 11.9. The summed E-state index contributed by atoms with van der Waals surface area (Å²) >= 11 is 0. The van der Waals surface area contributed by atoms with Gasteiger partial charge in [0.2, 0.25) is 0 Å². The van der Waals surface area contributed by atoms with Crippen LogP contribution in [0.1, 0.15) is 16.2 Å². The van der Waals surface area contributed by atoms with E-state index < -0.39 is 5.97 Å². The number of imidazole rings is 1. The second-order valence-corrected chi connectivity index (χ2v) is 4.30. The first-order valence-electron chi connectivity index (χ1n) is 6.18. The summed E-state index contributed by atoms with van der Waals surface area (Å²) in [4.78, 5) is 16.1. The molecule has 0 fully saturated rings. The van der Waals surface area contributed by atoms with Crippen LogP contribution in [0.4, 0.5) is 5.69 Å². The number of carbonyl (C=O) groups excluding carboxylic acids is 1. The summed E-state index contributed by atoms with van der Waals surface area (Å²) in [6.45, 7) is 0.274. The van der Waals surface area contributed by atoms with Gasteiger partial charge in [0.05, 0.1) is 25.0 Å². The summed E-state index contributed by atoms with van der Waals surface area (Å²) in [5.74, 6) is 0.925. The Bertz CT molecular complexity index is 607. The summed E-state index contributed by atoms with van der Waals surface area (Å²) in [7, 11) is 3.40. The van der Waals surface area contributed by atoms with E-state index in [1.807, 2.05) is 17.8 Å². The molecule has 0 bridgehead atoms. The highest BCUT2D eigenvalue weighted by Crippen LogP contribution is 2.22. The molecule has 20 heavy (non-hydrogen) atoms. The van der Waals surface area contributed by atoms with Crippen molar-refractivity contribution in [1.82, 2.24) is 9.55 Å². The number of anilines is 1. The highest BCUT2D eigenvalue weighted by atomic mass is 16.5. The number of carbonyl (C=O) groups is 1. The van der Waals surface area contributed by atoms with Crippen LogP contribution in [0.5, 0.6) is 5.75 Å². The monoisotopic (exact) mass is 275 g/mol. The molecule has 0 radical (unpaired) electrons. The van der Waals surface area contributed by atoms with Gasteiger partial charge >= 0.3 is 5.97 Å². The van der Waals surface area contributed by atoms with Gasteiger partial charge in [0, 0.05) is 25.9 Å². The molecule has 0 aliphatic heterocycles. The van der Waals surface area contributed by atoms with Gasteiger partial charge in [-0.25, -0.2) is 9.78 Å². The van der Waals surface area contributed by atoms with Crippen LogP contribution in [-0.4, -0.2) is 29.2 Å². The SMILES string of the molecule is COc1cc(C(=O)OCCc2nccn2C)ccc1N. The van der Waals surface area contributed by atoms with Crippen molar-refractivity contribution in [2.75, 3.05) is 19.5 Å². The number of methoxy groups -OCH3 is 1. The number of nitrogens with two attached hydrogens (primary N) is 1. The largest absolute Gasteiger partial charge is 0.495 e. The Morgan fingerprint density at radius 3 is 2.90 bits per heavy atom. The van der Waals surface area contributed by atoms with Crippen molar-refractivity contribution in [1.29, 1.82) is 0 Å².